The molecule has 1 aliphatic heterocycles. The van der Waals surface area contributed by atoms with Crippen LogP contribution >= 0.6 is 0 Å². The number of nitrogens with one attached hydrogen (secondary N) is 2. The van der Waals surface area contributed by atoms with Crippen LogP contribution in [0.4, 0.5) is 0 Å². The van der Waals surface area contributed by atoms with Crippen molar-refractivity contribution in [1.29, 1.82) is 5.26 Å². The minimum Gasteiger partial charge on any atom is -0.388 e. The molecule has 0 aliphatic carbocycles. The minimum atomic E-state index is -0.294. The first-order chi connectivity index (χ1) is 9.15. The Bertz CT molecular complexity index is 394. The average molecular weight is 266 g/mol. The van der Waals surface area contributed by atoms with E-state index in [1.54, 1.807) is 4.90 Å². The van der Waals surface area contributed by atoms with Crippen molar-refractivity contribution in [3.8, 4) is 6.07 Å². The molecule has 0 aromatic heterocycles. The second-order valence-electron chi connectivity index (χ2n) is 4.01. The molecule has 104 valence electrons. The van der Waals surface area contributed by atoms with Gasteiger partial charge in [-0.3, -0.25) is 9.59 Å². The average Bonchev–Trinajstić information content (AvgIpc) is 2.43. The van der Waals surface area contributed by atoms with E-state index in [-0.39, 0.29) is 17.4 Å². The molecule has 0 atom stereocenters. The van der Waals surface area contributed by atoms with Crippen LogP contribution in [0.2, 0.25) is 0 Å². The third-order valence-corrected chi connectivity index (χ3v) is 2.54. The maximum absolute atomic E-state index is 12.0. The molecular weight excluding hydrogens is 248 g/mol. The molecule has 0 bridgehead atoms. The standard InChI is InChI=1S/C12H18N4O3/c1-10(17)15-3-2-14-9-11(8-13)12(18)16-4-6-19-7-5-16/h9,14H,2-7H2,1H3,(H,15,17)/b11-9-. The van der Waals surface area contributed by atoms with E-state index in [0.29, 0.717) is 39.4 Å². The third-order valence-electron chi connectivity index (χ3n) is 2.54. The van der Waals surface area contributed by atoms with Crippen molar-refractivity contribution in [1.82, 2.24) is 15.5 Å². The van der Waals surface area contributed by atoms with Crippen molar-refractivity contribution < 1.29 is 14.3 Å². The van der Waals surface area contributed by atoms with Gasteiger partial charge in [-0.25, -0.2) is 0 Å². The molecule has 2 amide bonds. The molecule has 0 radical (unpaired) electrons. The van der Waals surface area contributed by atoms with E-state index in [4.69, 9.17) is 10.00 Å². The lowest BCUT2D eigenvalue weighted by Crippen LogP contribution is -2.41. The molecule has 1 aliphatic rings. The summed E-state index contributed by atoms with van der Waals surface area (Å²) in [5, 5.41) is 14.4. The van der Waals surface area contributed by atoms with Crippen molar-refractivity contribution in [2.45, 2.75) is 6.92 Å². The number of hydrogen-bond acceptors (Lipinski definition) is 5. The van der Waals surface area contributed by atoms with Crippen LogP contribution < -0.4 is 10.6 Å². The van der Waals surface area contributed by atoms with Gasteiger partial charge in [0.2, 0.25) is 5.91 Å². The van der Waals surface area contributed by atoms with Crippen LogP contribution in [0.15, 0.2) is 11.8 Å². The fourth-order valence-corrected chi connectivity index (χ4v) is 1.56. The maximum atomic E-state index is 12.0. The van der Waals surface area contributed by atoms with Gasteiger partial charge in [0, 0.05) is 39.3 Å². The summed E-state index contributed by atoms with van der Waals surface area (Å²) in [7, 11) is 0. The minimum absolute atomic E-state index is 0.0599. The molecule has 0 saturated carbocycles. The van der Waals surface area contributed by atoms with E-state index in [1.807, 2.05) is 6.07 Å². The summed E-state index contributed by atoms with van der Waals surface area (Å²) in [4.78, 5) is 24.2. The molecule has 1 rings (SSSR count). The van der Waals surface area contributed by atoms with Crippen molar-refractivity contribution in [2.75, 3.05) is 39.4 Å². The van der Waals surface area contributed by atoms with Crippen LogP contribution in [0.5, 0.6) is 0 Å². The zero-order chi connectivity index (χ0) is 14.1. The van der Waals surface area contributed by atoms with Crippen LogP contribution in [0.3, 0.4) is 0 Å². The Hall–Kier alpha value is -2.07. The summed E-state index contributed by atoms with van der Waals surface area (Å²) in [6, 6.07) is 1.88. The second-order valence-corrected chi connectivity index (χ2v) is 4.01. The molecule has 1 saturated heterocycles. The molecular formula is C12H18N4O3. The van der Waals surface area contributed by atoms with Crippen molar-refractivity contribution in [2.24, 2.45) is 0 Å². The predicted octanol–water partition coefficient (Wildman–Crippen LogP) is -1.02. The normalized spacial score (nSPS) is 15.6. The maximum Gasteiger partial charge on any atom is 0.266 e. The highest BCUT2D eigenvalue weighted by Crippen LogP contribution is 2.03. The van der Waals surface area contributed by atoms with Gasteiger partial charge < -0.3 is 20.3 Å². The van der Waals surface area contributed by atoms with Gasteiger partial charge >= 0.3 is 0 Å². The number of ether oxygens (including phenoxy) is 1. The highest BCUT2D eigenvalue weighted by molar-refractivity contribution is 5.97. The third kappa shape index (κ3) is 5.40. The Labute approximate surface area is 112 Å². The molecule has 1 fully saturated rings. The first kappa shape index (κ1) is 15.0. The monoisotopic (exact) mass is 266 g/mol. The molecule has 1 heterocycles. The van der Waals surface area contributed by atoms with E-state index in [1.165, 1.54) is 13.1 Å². The quantitative estimate of drug-likeness (QED) is 0.377. The number of nitrogens with zero attached hydrogens (tertiary/aromatic N) is 2. The van der Waals surface area contributed by atoms with Gasteiger partial charge in [-0.2, -0.15) is 5.26 Å². The SMILES string of the molecule is CC(=O)NCCN/C=C(/C#N)C(=O)N1CCOCC1. The molecule has 0 aromatic carbocycles. The van der Waals surface area contributed by atoms with Crippen molar-refractivity contribution in [3.63, 3.8) is 0 Å². The van der Waals surface area contributed by atoms with Gasteiger partial charge in [-0.1, -0.05) is 0 Å². The number of nitriles is 1. The molecule has 0 aromatic rings. The van der Waals surface area contributed by atoms with E-state index in [2.05, 4.69) is 10.6 Å². The lowest BCUT2D eigenvalue weighted by Gasteiger charge is -2.26. The van der Waals surface area contributed by atoms with Gasteiger partial charge in [0.1, 0.15) is 11.6 Å². The summed E-state index contributed by atoms with van der Waals surface area (Å²) in [6.45, 7) is 4.34. The van der Waals surface area contributed by atoms with E-state index in [0.717, 1.165) is 0 Å². The summed E-state index contributed by atoms with van der Waals surface area (Å²) in [6.07, 6.45) is 1.39. The zero-order valence-corrected chi connectivity index (χ0v) is 10.9. The fourth-order valence-electron chi connectivity index (χ4n) is 1.56. The number of amides is 2. The molecule has 7 nitrogen and oxygen atoms in total. The van der Waals surface area contributed by atoms with E-state index >= 15 is 0 Å². The Morgan fingerprint density at radius 2 is 2.05 bits per heavy atom. The van der Waals surface area contributed by atoms with Crippen LogP contribution in [0, 0.1) is 11.3 Å². The molecule has 0 unspecified atom stereocenters. The zero-order valence-electron chi connectivity index (χ0n) is 10.9. The highest BCUT2D eigenvalue weighted by atomic mass is 16.5. The summed E-state index contributed by atoms with van der Waals surface area (Å²) in [5.41, 5.74) is 0.0599. The van der Waals surface area contributed by atoms with Crippen LogP contribution in [0.25, 0.3) is 0 Å². The fraction of sp³-hybridized carbons (Fsp3) is 0.583. The predicted molar refractivity (Wildman–Crippen MR) is 67.8 cm³/mol. The number of carbonyl (C=O) groups excluding carboxylic acids is 2. The number of rotatable bonds is 5. The summed E-state index contributed by atoms with van der Waals surface area (Å²) in [5.74, 6) is -0.409. The van der Waals surface area contributed by atoms with Crippen molar-refractivity contribution >= 4 is 11.8 Å². The van der Waals surface area contributed by atoms with Gasteiger partial charge in [0.15, 0.2) is 0 Å². The first-order valence-corrected chi connectivity index (χ1v) is 6.10. The molecule has 19 heavy (non-hydrogen) atoms. The van der Waals surface area contributed by atoms with E-state index in [9.17, 15) is 9.59 Å². The van der Waals surface area contributed by atoms with Gasteiger partial charge in [-0.05, 0) is 0 Å². The smallest absolute Gasteiger partial charge is 0.266 e. The van der Waals surface area contributed by atoms with Gasteiger partial charge in [-0.15, -0.1) is 0 Å². The number of morpholine rings is 1. The molecule has 0 spiro atoms. The lowest BCUT2D eigenvalue weighted by molar-refractivity contribution is -0.130. The van der Waals surface area contributed by atoms with Gasteiger partial charge in [0.25, 0.3) is 5.91 Å². The Morgan fingerprint density at radius 1 is 1.37 bits per heavy atom. The Kier molecular flexibility index (Phi) is 6.39. The molecule has 7 heteroatoms. The van der Waals surface area contributed by atoms with Crippen LogP contribution in [-0.2, 0) is 14.3 Å². The Morgan fingerprint density at radius 3 is 2.63 bits per heavy atom. The van der Waals surface area contributed by atoms with Gasteiger partial charge in [0.05, 0.1) is 13.2 Å². The van der Waals surface area contributed by atoms with Crippen LogP contribution in [0.1, 0.15) is 6.92 Å². The summed E-state index contributed by atoms with van der Waals surface area (Å²) >= 11 is 0. The molecule has 2 N–H and O–H groups in total. The first-order valence-electron chi connectivity index (χ1n) is 6.10. The lowest BCUT2D eigenvalue weighted by atomic mass is 10.2. The largest absolute Gasteiger partial charge is 0.388 e. The second kappa shape index (κ2) is 8.11. The van der Waals surface area contributed by atoms with E-state index < -0.39 is 0 Å². The number of hydrogen-bond donors (Lipinski definition) is 2. The van der Waals surface area contributed by atoms with Crippen molar-refractivity contribution in [3.05, 3.63) is 11.8 Å². The Balaban J connectivity index is 2.40. The summed E-state index contributed by atoms with van der Waals surface area (Å²) < 4.78 is 5.15. The number of carbonyl (C=O) groups is 2. The van der Waals surface area contributed by atoms with Crippen LogP contribution in [-0.4, -0.2) is 56.1 Å². The highest BCUT2D eigenvalue weighted by Gasteiger charge is 2.20. The topological polar surface area (TPSA) is 94.5 Å².